The van der Waals surface area contributed by atoms with Crippen molar-refractivity contribution in [1.82, 2.24) is 0 Å². The summed E-state index contributed by atoms with van der Waals surface area (Å²) >= 11 is 0. The van der Waals surface area contributed by atoms with Crippen molar-refractivity contribution in [2.75, 3.05) is 21.0 Å². The molecule has 3 unspecified atom stereocenters. The molecule has 1 aromatic rings. The monoisotopic (exact) mass is 478 g/mol. The Morgan fingerprint density at radius 3 is 2.59 bits per heavy atom. The van der Waals surface area contributed by atoms with Crippen LogP contribution in [-0.2, 0) is 23.7 Å². The van der Waals surface area contributed by atoms with Crippen molar-refractivity contribution in [3.05, 3.63) is 41.0 Å². The second kappa shape index (κ2) is 10.7. The van der Waals surface area contributed by atoms with Gasteiger partial charge in [-0.05, 0) is 57.4 Å². The first-order chi connectivity index (χ1) is 16.1. The molecule has 1 aromatic carbocycles. The van der Waals surface area contributed by atoms with Crippen LogP contribution in [0, 0.1) is 0 Å². The van der Waals surface area contributed by atoms with Crippen LogP contribution < -0.4 is 9.47 Å². The number of cyclic esters (lactones) is 1. The number of hydrogen-bond donors (Lipinski definition) is 0. The Balaban J connectivity index is 2.10. The summed E-state index contributed by atoms with van der Waals surface area (Å²) in [6.07, 6.45) is 0.280. The van der Waals surface area contributed by atoms with E-state index in [0.717, 1.165) is 6.08 Å². The zero-order chi connectivity index (χ0) is 25.0. The normalized spacial score (nSPS) is 27.2. The summed E-state index contributed by atoms with van der Waals surface area (Å²) < 4.78 is 48.1. The molecule has 1 saturated heterocycles. The van der Waals surface area contributed by atoms with Gasteiger partial charge in [-0.3, -0.25) is 4.79 Å². The Kier molecular flexibility index (Phi) is 8.12. The number of carbonyl (C=O) groups is 2. The summed E-state index contributed by atoms with van der Waals surface area (Å²) in [7, 11) is 2.96. The number of alkyl halides is 1. The lowest BCUT2D eigenvalue weighted by atomic mass is 9.99. The average Bonchev–Trinajstić information content (AvgIpc) is 3.09. The predicted octanol–water partition coefficient (Wildman–Crippen LogP) is 4.01. The largest absolute Gasteiger partial charge is 0.497 e. The fourth-order valence-corrected chi connectivity index (χ4v) is 3.81. The maximum atomic E-state index is 14.9. The van der Waals surface area contributed by atoms with Crippen molar-refractivity contribution in [3.63, 3.8) is 0 Å². The second-order valence-electron chi connectivity index (χ2n) is 8.64. The summed E-state index contributed by atoms with van der Waals surface area (Å²) in [5.41, 5.74) is 1.02. The number of halogens is 1. The molecule has 0 aromatic heterocycles. The third-order valence-corrected chi connectivity index (χ3v) is 5.61. The van der Waals surface area contributed by atoms with E-state index in [9.17, 15) is 14.0 Å². The van der Waals surface area contributed by atoms with Crippen LogP contribution in [0.4, 0.5) is 4.39 Å². The van der Waals surface area contributed by atoms with Gasteiger partial charge in [-0.15, -0.1) is 0 Å². The molecule has 3 rings (SSSR count). The molecule has 0 N–H and O–H groups in total. The number of hydrogen-bond acceptors (Lipinski definition) is 8. The Morgan fingerprint density at radius 2 is 1.91 bits per heavy atom. The van der Waals surface area contributed by atoms with Gasteiger partial charge < -0.3 is 28.4 Å². The fourth-order valence-electron chi connectivity index (χ4n) is 3.81. The van der Waals surface area contributed by atoms with Gasteiger partial charge in [0, 0.05) is 13.2 Å². The smallest absolute Gasteiger partial charge is 0.343 e. The van der Waals surface area contributed by atoms with Gasteiger partial charge >= 0.3 is 5.97 Å². The fraction of sp³-hybridized carbons (Fsp3) is 0.520. The van der Waals surface area contributed by atoms with Gasteiger partial charge in [-0.2, -0.15) is 0 Å². The molecule has 8 nitrogen and oxygen atoms in total. The summed E-state index contributed by atoms with van der Waals surface area (Å²) in [4.78, 5) is 26.0. The molecule has 34 heavy (non-hydrogen) atoms. The molecule has 186 valence electrons. The van der Waals surface area contributed by atoms with E-state index in [-0.39, 0.29) is 24.5 Å². The van der Waals surface area contributed by atoms with Gasteiger partial charge in [-0.25, -0.2) is 9.18 Å². The van der Waals surface area contributed by atoms with E-state index >= 15 is 0 Å². The number of rotatable bonds is 4. The summed E-state index contributed by atoms with van der Waals surface area (Å²) in [6, 6.07) is 3.23. The van der Waals surface area contributed by atoms with Crippen molar-refractivity contribution in [1.29, 1.82) is 0 Å². The predicted molar refractivity (Wildman–Crippen MR) is 122 cm³/mol. The summed E-state index contributed by atoms with van der Waals surface area (Å²) in [6.45, 7) is 6.44. The van der Waals surface area contributed by atoms with Gasteiger partial charge in [0.05, 0.1) is 13.2 Å². The first kappa shape index (κ1) is 25.9. The minimum absolute atomic E-state index is 0.0965. The van der Waals surface area contributed by atoms with E-state index in [1.807, 2.05) is 0 Å². The van der Waals surface area contributed by atoms with Gasteiger partial charge in [0.1, 0.15) is 29.3 Å². The molecule has 0 bridgehead atoms. The van der Waals surface area contributed by atoms with E-state index in [2.05, 4.69) is 0 Å². The number of fused-ring (bicyclic) bond motifs is 2. The maximum absolute atomic E-state index is 14.9. The average molecular weight is 479 g/mol. The van der Waals surface area contributed by atoms with Crippen LogP contribution in [-0.4, -0.2) is 63.0 Å². The van der Waals surface area contributed by atoms with Crippen LogP contribution in [0.2, 0.25) is 0 Å². The van der Waals surface area contributed by atoms with Crippen molar-refractivity contribution in [2.45, 2.75) is 64.4 Å². The van der Waals surface area contributed by atoms with E-state index in [4.69, 9.17) is 28.4 Å². The number of ether oxygens (including phenoxy) is 6. The highest BCUT2D eigenvalue weighted by Gasteiger charge is 2.46. The maximum Gasteiger partial charge on any atom is 0.343 e. The van der Waals surface area contributed by atoms with Gasteiger partial charge in [0.25, 0.3) is 0 Å². The lowest BCUT2D eigenvalue weighted by Crippen LogP contribution is -2.37. The Labute approximate surface area is 198 Å². The molecular formula is C25H31FO8. The van der Waals surface area contributed by atoms with Crippen molar-refractivity contribution < 1.29 is 42.4 Å². The molecule has 2 heterocycles. The Morgan fingerprint density at radius 1 is 1.18 bits per heavy atom. The third-order valence-electron chi connectivity index (χ3n) is 5.61. The van der Waals surface area contributed by atoms with Crippen LogP contribution in [0.1, 0.15) is 50.0 Å². The molecule has 2 aliphatic rings. The lowest BCUT2D eigenvalue weighted by molar-refractivity contribution is -0.156. The number of esters is 1. The van der Waals surface area contributed by atoms with Crippen molar-refractivity contribution >= 4 is 17.8 Å². The van der Waals surface area contributed by atoms with Crippen molar-refractivity contribution in [2.24, 2.45) is 0 Å². The highest BCUT2D eigenvalue weighted by atomic mass is 19.1. The Bertz CT molecular complexity index is 983. The minimum Gasteiger partial charge on any atom is -0.497 e. The number of carbonyl (C=O) groups excluding carboxylic acids is 2. The molecule has 0 saturated carbocycles. The molecule has 4 atom stereocenters. The van der Waals surface area contributed by atoms with Gasteiger partial charge in [-0.1, -0.05) is 12.2 Å². The molecular weight excluding hydrogens is 447 g/mol. The van der Waals surface area contributed by atoms with E-state index in [1.165, 1.54) is 14.2 Å². The quantitative estimate of drug-likeness (QED) is 0.364. The molecule has 0 amide bonds. The van der Waals surface area contributed by atoms with Crippen LogP contribution >= 0.6 is 0 Å². The lowest BCUT2D eigenvalue weighted by Gasteiger charge is -2.20. The standard InChI is InChI=1S/C25H31FO8/c1-14-10-18(26)22(27)23-19(33-25(3,4)34-23)9-7-8-16-11-17(30-6)12-20(31-13-29-5)21(16)24(28)32-15(14)2/h7-8,10-12,15,18-19,23H,9,13H2,1-6H3/t15-,18?,19?,23?/m0/s1. The highest BCUT2D eigenvalue weighted by molar-refractivity contribution is 5.97. The number of methoxy groups -OCH3 is 2. The SMILES string of the molecule is COCOc1cc(OC)cc2c1C(=O)O[C@@H](C)C(C)=CC(F)C(=O)C1OC(C)(C)OC1CC=C2. The summed E-state index contributed by atoms with van der Waals surface area (Å²) in [5.74, 6) is -1.78. The number of ketones is 1. The molecule has 0 spiro atoms. The second-order valence-corrected chi connectivity index (χ2v) is 8.64. The van der Waals surface area contributed by atoms with Crippen molar-refractivity contribution in [3.8, 4) is 11.5 Å². The zero-order valence-corrected chi connectivity index (χ0v) is 20.3. The molecule has 9 heteroatoms. The zero-order valence-electron chi connectivity index (χ0n) is 20.3. The van der Waals surface area contributed by atoms with E-state index in [1.54, 1.807) is 52.0 Å². The first-order valence-electron chi connectivity index (χ1n) is 11.0. The van der Waals surface area contributed by atoms with Crippen LogP contribution in [0.5, 0.6) is 11.5 Å². The van der Waals surface area contributed by atoms with E-state index < -0.39 is 42.0 Å². The van der Waals surface area contributed by atoms with Crippen LogP contribution in [0.25, 0.3) is 6.08 Å². The topological polar surface area (TPSA) is 89.5 Å². The number of allylic oxidation sites excluding steroid dienone is 1. The van der Waals surface area contributed by atoms with E-state index in [0.29, 0.717) is 16.9 Å². The summed E-state index contributed by atoms with van der Waals surface area (Å²) in [5, 5.41) is 0. The van der Waals surface area contributed by atoms with Gasteiger partial charge in [0.15, 0.2) is 18.8 Å². The minimum atomic E-state index is -1.93. The molecule has 0 aliphatic carbocycles. The van der Waals surface area contributed by atoms with Gasteiger partial charge in [0.2, 0.25) is 5.78 Å². The number of benzene rings is 1. The Hall–Kier alpha value is -2.75. The molecule has 2 aliphatic heterocycles. The van der Waals surface area contributed by atoms with Crippen LogP contribution in [0.15, 0.2) is 29.9 Å². The highest BCUT2D eigenvalue weighted by Crippen LogP contribution is 2.34. The number of Topliss-reactive ketones (excluding diaryl/α,β-unsaturated/α-hetero) is 1. The van der Waals surface area contributed by atoms with Crippen LogP contribution in [0.3, 0.4) is 0 Å². The molecule has 1 fully saturated rings. The third kappa shape index (κ3) is 5.84. The first-order valence-corrected chi connectivity index (χ1v) is 11.0. The molecule has 0 radical (unpaired) electrons.